The minimum atomic E-state index is -0.645. The molecule has 1 unspecified atom stereocenters. The quantitative estimate of drug-likeness (QED) is 0.737. The van der Waals surface area contributed by atoms with Crippen LogP contribution in [0, 0.1) is 0 Å². The van der Waals surface area contributed by atoms with E-state index in [1.54, 1.807) is 31.2 Å². The van der Waals surface area contributed by atoms with Gasteiger partial charge in [-0.3, -0.25) is 0 Å². The van der Waals surface area contributed by atoms with Crippen molar-refractivity contribution in [3.63, 3.8) is 0 Å². The maximum absolute atomic E-state index is 11.2. The SMILES string of the molecule is COC(=O)C(C)Oc1ccc(-n2cnnn2)cc1. The summed E-state index contributed by atoms with van der Waals surface area (Å²) < 4.78 is 11.5. The van der Waals surface area contributed by atoms with Crippen LogP contribution in [0.4, 0.5) is 0 Å². The van der Waals surface area contributed by atoms with Crippen LogP contribution >= 0.6 is 0 Å². The number of rotatable bonds is 4. The summed E-state index contributed by atoms with van der Waals surface area (Å²) in [6, 6.07) is 7.04. The second-order valence-electron chi connectivity index (χ2n) is 3.53. The van der Waals surface area contributed by atoms with Gasteiger partial charge in [-0.15, -0.1) is 5.10 Å². The third kappa shape index (κ3) is 2.62. The van der Waals surface area contributed by atoms with Gasteiger partial charge in [0.05, 0.1) is 12.8 Å². The average Bonchev–Trinajstić information content (AvgIpc) is 2.92. The van der Waals surface area contributed by atoms with Gasteiger partial charge in [-0.2, -0.15) is 0 Å². The summed E-state index contributed by atoms with van der Waals surface area (Å²) in [7, 11) is 1.32. The topological polar surface area (TPSA) is 79.1 Å². The van der Waals surface area contributed by atoms with Crippen molar-refractivity contribution in [2.45, 2.75) is 13.0 Å². The van der Waals surface area contributed by atoms with Crippen molar-refractivity contribution in [2.75, 3.05) is 7.11 Å². The summed E-state index contributed by atoms with van der Waals surface area (Å²) in [5, 5.41) is 10.8. The molecule has 1 aromatic carbocycles. The van der Waals surface area contributed by atoms with Crippen LogP contribution in [-0.2, 0) is 9.53 Å². The number of nitrogens with zero attached hydrogens (tertiary/aromatic N) is 4. The van der Waals surface area contributed by atoms with Crippen LogP contribution in [0.2, 0.25) is 0 Å². The Labute approximate surface area is 103 Å². The molecule has 0 N–H and O–H groups in total. The Hall–Kier alpha value is -2.44. The lowest BCUT2D eigenvalue weighted by molar-refractivity contribution is -0.147. The number of hydrogen-bond acceptors (Lipinski definition) is 6. The molecule has 1 aromatic heterocycles. The summed E-state index contributed by atoms with van der Waals surface area (Å²) in [5.74, 6) is 0.157. The van der Waals surface area contributed by atoms with Gasteiger partial charge in [0.25, 0.3) is 0 Å². The van der Waals surface area contributed by atoms with Gasteiger partial charge in [0.2, 0.25) is 0 Å². The molecule has 0 aliphatic heterocycles. The van der Waals surface area contributed by atoms with Gasteiger partial charge in [0.1, 0.15) is 12.1 Å². The number of ether oxygens (including phenoxy) is 2. The fourth-order valence-electron chi connectivity index (χ4n) is 1.38. The zero-order valence-electron chi connectivity index (χ0n) is 9.98. The average molecular weight is 248 g/mol. The number of benzene rings is 1. The van der Waals surface area contributed by atoms with Gasteiger partial charge in [-0.1, -0.05) is 0 Å². The molecule has 0 saturated carbocycles. The predicted octanol–water partition coefficient (Wildman–Crippen LogP) is 0.603. The normalized spacial score (nSPS) is 11.9. The first-order valence-electron chi connectivity index (χ1n) is 5.28. The number of carbonyl (C=O) groups is 1. The molecule has 0 amide bonds. The molecular weight excluding hydrogens is 236 g/mol. The fourth-order valence-corrected chi connectivity index (χ4v) is 1.38. The predicted molar refractivity (Wildman–Crippen MR) is 61.3 cm³/mol. The van der Waals surface area contributed by atoms with E-state index in [0.717, 1.165) is 5.69 Å². The number of hydrogen-bond donors (Lipinski definition) is 0. The zero-order valence-corrected chi connectivity index (χ0v) is 9.98. The molecule has 2 rings (SSSR count). The van der Waals surface area contributed by atoms with Crippen LogP contribution in [0.15, 0.2) is 30.6 Å². The molecule has 0 aliphatic rings. The molecule has 0 fully saturated rings. The van der Waals surface area contributed by atoms with Crippen molar-refractivity contribution in [3.8, 4) is 11.4 Å². The standard InChI is InChI=1S/C11H12N4O3/c1-8(11(16)17-2)18-10-5-3-9(4-6-10)15-7-12-13-14-15/h3-8H,1-2H3. The molecular formula is C11H12N4O3. The van der Waals surface area contributed by atoms with Gasteiger partial charge in [0.15, 0.2) is 6.10 Å². The molecule has 0 saturated heterocycles. The monoisotopic (exact) mass is 248 g/mol. The van der Waals surface area contributed by atoms with Gasteiger partial charge < -0.3 is 9.47 Å². The summed E-state index contributed by atoms with van der Waals surface area (Å²) in [6.45, 7) is 1.63. The Morgan fingerprint density at radius 2 is 2.06 bits per heavy atom. The smallest absolute Gasteiger partial charge is 0.346 e. The van der Waals surface area contributed by atoms with Crippen LogP contribution < -0.4 is 4.74 Å². The van der Waals surface area contributed by atoms with E-state index in [9.17, 15) is 4.79 Å². The number of tetrazole rings is 1. The van der Waals surface area contributed by atoms with Gasteiger partial charge >= 0.3 is 5.97 Å². The number of methoxy groups -OCH3 is 1. The van der Waals surface area contributed by atoms with Crippen molar-refractivity contribution in [2.24, 2.45) is 0 Å². The van der Waals surface area contributed by atoms with Crippen molar-refractivity contribution < 1.29 is 14.3 Å². The lowest BCUT2D eigenvalue weighted by atomic mass is 10.3. The van der Waals surface area contributed by atoms with E-state index >= 15 is 0 Å². The van der Waals surface area contributed by atoms with Crippen molar-refractivity contribution in [1.82, 2.24) is 20.2 Å². The first kappa shape index (κ1) is 12.0. The molecule has 0 bridgehead atoms. The van der Waals surface area contributed by atoms with E-state index in [0.29, 0.717) is 5.75 Å². The van der Waals surface area contributed by atoms with E-state index < -0.39 is 12.1 Å². The lowest BCUT2D eigenvalue weighted by Crippen LogP contribution is -2.24. The zero-order chi connectivity index (χ0) is 13.0. The Balaban J connectivity index is 2.06. The third-order valence-electron chi connectivity index (χ3n) is 2.30. The van der Waals surface area contributed by atoms with Crippen molar-refractivity contribution in [1.29, 1.82) is 0 Å². The van der Waals surface area contributed by atoms with E-state index in [2.05, 4.69) is 20.3 Å². The number of esters is 1. The largest absolute Gasteiger partial charge is 0.479 e. The van der Waals surface area contributed by atoms with Gasteiger partial charge in [0, 0.05) is 0 Å². The second kappa shape index (κ2) is 5.26. The molecule has 0 aliphatic carbocycles. The maximum atomic E-state index is 11.2. The minimum absolute atomic E-state index is 0.417. The summed E-state index contributed by atoms with van der Waals surface area (Å²) in [4.78, 5) is 11.2. The first-order chi connectivity index (χ1) is 8.70. The highest BCUT2D eigenvalue weighted by atomic mass is 16.6. The Morgan fingerprint density at radius 1 is 1.33 bits per heavy atom. The molecule has 0 radical (unpaired) electrons. The highest BCUT2D eigenvalue weighted by Gasteiger charge is 2.14. The first-order valence-corrected chi connectivity index (χ1v) is 5.28. The second-order valence-corrected chi connectivity index (χ2v) is 3.53. The van der Waals surface area contributed by atoms with Crippen LogP contribution in [0.5, 0.6) is 5.75 Å². The molecule has 18 heavy (non-hydrogen) atoms. The van der Waals surface area contributed by atoms with E-state index in [-0.39, 0.29) is 0 Å². The van der Waals surface area contributed by atoms with E-state index in [1.807, 2.05) is 0 Å². The Morgan fingerprint density at radius 3 is 2.61 bits per heavy atom. The van der Waals surface area contributed by atoms with Crippen LogP contribution in [0.25, 0.3) is 5.69 Å². The summed E-state index contributed by atoms with van der Waals surface area (Å²) in [6.07, 6.45) is 0.848. The maximum Gasteiger partial charge on any atom is 0.346 e. The fraction of sp³-hybridized carbons (Fsp3) is 0.273. The molecule has 94 valence electrons. The van der Waals surface area contributed by atoms with Crippen molar-refractivity contribution in [3.05, 3.63) is 30.6 Å². The van der Waals surface area contributed by atoms with Gasteiger partial charge in [-0.05, 0) is 41.6 Å². The lowest BCUT2D eigenvalue weighted by Gasteiger charge is -2.12. The van der Waals surface area contributed by atoms with Crippen LogP contribution in [-0.4, -0.2) is 39.4 Å². The Bertz CT molecular complexity index is 510. The van der Waals surface area contributed by atoms with Crippen molar-refractivity contribution >= 4 is 5.97 Å². The number of carbonyl (C=O) groups excluding carboxylic acids is 1. The Kier molecular flexibility index (Phi) is 3.52. The molecule has 0 spiro atoms. The molecule has 1 heterocycles. The summed E-state index contributed by atoms with van der Waals surface area (Å²) in [5.41, 5.74) is 0.804. The third-order valence-corrected chi connectivity index (χ3v) is 2.30. The number of aromatic nitrogens is 4. The molecule has 7 nitrogen and oxygen atoms in total. The molecule has 2 aromatic rings. The minimum Gasteiger partial charge on any atom is -0.479 e. The highest BCUT2D eigenvalue weighted by Crippen LogP contribution is 2.15. The van der Waals surface area contributed by atoms with E-state index in [1.165, 1.54) is 18.1 Å². The molecule has 1 atom stereocenters. The summed E-state index contributed by atoms with van der Waals surface area (Å²) >= 11 is 0. The van der Waals surface area contributed by atoms with E-state index in [4.69, 9.17) is 4.74 Å². The van der Waals surface area contributed by atoms with Crippen LogP contribution in [0.1, 0.15) is 6.92 Å². The van der Waals surface area contributed by atoms with Crippen LogP contribution in [0.3, 0.4) is 0 Å². The molecule has 7 heteroatoms. The van der Waals surface area contributed by atoms with Gasteiger partial charge in [-0.25, -0.2) is 9.48 Å². The highest BCUT2D eigenvalue weighted by molar-refractivity contribution is 5.74.